The largest absolute Gasteiger partial charge is 0.454 e. The molecule has 90 valence electrons. The smallest absolute Gasteiger partial charge is 0.331 e. The van der Waals surface area contributed by atoms with Crippen LogP contribution in [0.15, 0.2) is 37.0 Å². The second-order valence-electron chi connectivity index (χ2n) is 2.95. The summed E-state index contributed by atoms with van der Waals surface area (Å²) in [6.45, 7) is 5.58. The molecule has 0 spiro atoms. The van der Waals surface area contributed by atoms with Crippen LogP contribution in [-0.4, -0.2) is 37.0 Å². The fourth-order valence-corrected chi connectivity index (χ4v) is 0.856. The van der Waals surface area contributed by atoms with E-state index in [1.54, 1.807) is 24.3 Å². The number of aliphatic hydroxyl groups is 1. The second kappa shape index (κ2) is 10.1. The number of rotatable bonds is 8. The molecule has 0 aromatic carbocycles. The van der Waals surface area contributed by atoms with Gasteiger partial charge in [-0.1, -0.05) is 24.3 Å². The van der Waals surface area contributed by atoms with E-state index in [1.807, 2.05) is 6.92 Å². The minimum absolute atomic E-state index is 0.158. The maximum atomic E-state index is 11.2. The first-order valence-corrected chi connectivity index (χ1v) is 5.04. The van der Waals surface area contributed by atoms with Gasteiger partial charge < -0.3 is 14.6 Å². The highest BCUT2D eigenvalue weighted by molar-refractivity contribution is 5.82. The zero-order valence-electron chi connectivity index (χ0n) is 9.46. The molecule has 0 fully saturated rings. The van der Waals surface area contributed by atoms with Gasteiger partial charge in [0.25, 0.3) is 0 Å². The zero-order valence-corrected chi connectivity index (χ0v) is 9.46. The Hall–Kier alpha value is -1.39. The molecule has 0 radical (unpaired) electrons. The lowest BCUT2D eigenvalue weighted by molar-refractivity contribution is -0.148. The first-order valence-electron chi connectivity index (χ1n) is 5.04. The first kappa shape index (κ1) is 14.6. The Kier molecular flexibility index (Phi) is 9.26. The van der Waals surface area contributed by atoms with Crippen LogP contribution >= 0.6 is 0 Å². The summed E-state index contributed by atoms with van der Waals surface area (Å²) in [5.41, 5.74) is 0. The van der Waals surface area contributed by atoms with Crippen LogP contribution in [0.25, 0.3) is 0 Å². The summed E-state index contributed by atoms with van der Waals surface area (Å²) < 4.78 is 9.99. The van der Waals surface area contributed by atoms with Gasteiger partial charge in [0.05, 0.1) is 19.8 Å². The van der Waals surface area contributed by atoms with Gasteiger partial charge in [0.1, 0.15) is 6.10 Å². The molecule has 1 N–H and O–H groups in total. The van der Waals surface area contributed by atoms with Crippen molar-refractivity contribution in [3.63, 3.8) is 0 Å². The highest BCUT2D eigenvalue weighted by Crippen LogP contribution is 1.95. The number of aliphatic hydroxyl groups excluding tert-OH is 1. The molecule has 0 saturated heterocycles. The summed E-state index contributed by atoms with van der Waals surface area (Å²) in [6.07, 6.45) is 7.31. The van der Waals surface area contributed by atoms with E-state index in [9.17, 15) is 4.79 Å². The molecule has 1 unspecified atom stereocenters. The van der Waals surface area contributed by atoms with Gasteiger partial charge in [0, 0.05) is 6.08 Å². The molecule has 16 heavy (non-hydrogen) atoms. The molecule has 0 aromatic heterocycles. The number of carbonyl (C=O) groups is 1. The van der Waals surface area contributed by atoms with Crippen molar-refractivity contribution in [2.24, 2.45) is 0 Å². The van der Waals surface area contributed by atoms with Crippen LogP contribution in [0.4, 0.5) is 0 Å². The molecule has 0 rings (SSSR count). The van der Waals surface area contributed by atoms with Crippen LogP contribution in [-0.2, 0) is 14.3 Å². The van der Waals surface area contributed by atoms with Crippen molar-refractivity contribution >= 4 is 5.97 Å². The third kappa shape index (κ3) is 7.96. The predicted octanol–water partition coefficient (Wildman–Crippen LogP) is 1.23. The molecule has 0 aliphatic heterocycles. The molecule has 0 saturated carbocycles. The van der Waals surface area contributed by atoms with Crippen molar-refractivity contribution in [1.82, 2.24) is 0 Å². The lowest BCUT2D eigenvalue weighted by Gasteiger charge is -2.13. The molecule has 0 aliphatic rings. The molecule has 0 aromatic rings. The van der Waals surface area contributed by atoms with E-state index >= 15 is 0 Å². The van der Waals surface area contributed by atoms with E-state index in [0.717, 1.165) is 0 Å². The molecule has 4 heteroatoms. The monoisotopic (exact) mass is 226 g/mol. The third-order valence-electron chi connectivity index (χ3n) is 1.56. The minimum Gasteiger partial charge on any atom is -0.454 e. The average molecular weight is 226 g/mol. The highest BCUT2D eigenvalue weighted by atomic mass is 16.6. The van der Waals surface area contributed by atoms with Crippen LogP contribution in [0.1, 0.15) is 6.92 Å². The number of hydrogen-bond acceptors (Lipinski definition) is 4. The number of carbonyl (C=O) groups excluding carboxylic acids is 1. The fourth-order valence-electron chi connectivity index (χ4n) is 0.856. The number of ether oxygens (including phenoxy) is 2. The molecule has 4 nitrogen and oxygen atoms in total. The van der Waals surface area contributed by atoms with Gasteiger partial charge in [-0.25, -0.2) is 4.79 Å². The van der Waals surface area contributed by atoms with Gasteiger partial charge in [-0.05, 0) is 6.92 Å². The summed E-state index contributed by atoms with van der Waals surface area (Å²) >= 11 is 0. The van der Waals surface area contributed by atoms with Crippen molar-refractivity contribution in [2.45, 2.75) is 13.0 Å². The molecule has 0 aliphatic carbocycles. The van der Waals surface area contributed by atoms with E-state index in [0.29, 0.717) is 6.61 Å². The normalized spacial score (nSPS) is 13.1. The molecule has 0 bridgehead atoms. The Morgan fingerprint density at radius 2 is 2.25 bits per heavy atom. The lowest BCUT2D eigenvalue weighted by Crippen LogP contribution is -2.26. The van der Waals surface area contributed by atoms with Crippen molar-refractivity contribution < 1.29 is 19.4 Å². The van der Waals surface area contributed by atoms with E-state index in [1.165, 1.54) is 6.08 Å². The molecule has 0 amide bonds. The van der Waals surface area contributed by atoms with Gasteiger partial charge in [0.2, 0.25) is 0 Å². The van der Waals surface area contributed by atoms with Crippen LogP contribution in [0.2, 0.25) is 0 Å². The van der Waals surface area contributed by atoms with Gasteiger partial charge >= 0.3 is 5.97 Å². The second-order valence-corrected chi connectivity index (χ2v) is 2.95. The highest BCUT2D eigenvalue weighted by Gasteiger charge is 2.11. The maximum Gasteiger partial charge on any atom is 0.331 e. The van der Waals surface area contributed by atoms with Crippen molar-refractivity contribution in [3.05, 3.63) is 37.0 Å². The van der Waals surface area contributed by atoms with Crippen LogP contribution in [0.3, 0.4) is 0 Å². The van der Waals surface area contributed by atoms with E-state index in [-0.39, 0.29) is 13.2 Å². The van der Waals surface area contributed by atoms with E-state index in [4.69, 9.17) is 14.6 Å². The molecular weight excluding hydrogens is 208 g/mol. The molecule has 0 heterocycles. The van der Waals surface area contributed by atoms with Crippen LogP contribution < -0.4 is 0 Å². The summed E-state index contributed by atoms with van der Waals surface area (Å²) in [6, 6.07) is 0. The topological polar surface area (TPSA) is 55.8 Å². The van der Waals surface area contributed by atoms with Crippen molar-refractivity contribution in [1.29, 1.82) is 0 Å². The third-order valence-corrected chi connectivity index (χ3v) is 1.56. The van der Waals surface area contributed by atoms with E-state index < -0.39 is 12.1 Å². The predicted molar refractivity (Wildman–Crippen MR) is 61.9 cm³/mol. The first-order chi connectivity index (χ1) is 7.74. The number of hydrogen-bond donors (Lipinski definition) is 1. The van der Waals surface area contributed by atoms with Gasteiger partial charge in [-0.15, -0.1) is 6.58 Å². The molecule has 1 atom stereocenters. The zero-order chi connectivity index (χ0) is 12.2. The quantitative estimate of drug-likeness (QED) is 0.222. The Labute approximate surface area is 95.9 Å². The maximum absolute atomic E-state index is 11.2. The summed E-state index contributed by atoms with van der Waals surface area (Å²) in [5, 5.41) is 8.92. The Bertz CT molecular complexity index is 256. The van der Waals surface area contributed by atoms with E-state index in [2.05, 4.69) is 6.58 Å². The average Bonchev–Trinajstić information content (AvgIpc) is 2.28. The summed E-state index contributed by atoms with van der Waals surface area (Å²) in [4.78, 5) is 11.2. The standard InChI is InChI=1S/C12H18O4/c1-3-5-6-7-12(14)16-11(9-13)10-15-8-4-2/h3-7,11,13H,2,8-10H2,1H3. The number of esters is 1. The van der Waals surface area contributed by atoms with Crippen LogP contribution in [0, 0.1) is 0 Å². The van der Waals surface area contributed by atoms with Crippen molar-refractivity contribution in [3.8, 4) is 0 Å². The minimum atomic E-state index is -0.636. The lowest BCUT2D eigenvalue weighted by atomic mass is 10.4. The van der Waals surface area contributed by atoms with Crippen LogP contribution in [0.5, 0.6) is 0 Å². The Morgan fingerprint density at radius 1 is 1.50 bits per heavy atom. The molecular formula is C12H18O4. The Balaban J connectivity index is 3.91. The summed E-state index contributed by atoms with van der Waals surface area (Å²) in [7, 11) is 0. The Morgan fingerprint density at radius 3 is 2.81 bits per heavy atom. The summed E-state index contributed by atoms with van der Waals surface area (Å²) in [5.74, 6) is -0.501. The van der Waals surface area contributed by atoms with Gasteiger partial charge in [-0.2, -0.15) is 0 Å². The SMILES string of the molecule is C=CCOCC(CO)OC(=O)C=CC=CC. The number of allylic oxidation sites excluding steroid dienone is 3. The van der Waals surface area contributed by atoms with Gasteiger partial charge in [0.15, 0.2) is 0 Å². The van der Waals surface area contributed by atoms with Crippen molar-refractivity contribution in [2.75, 3.05) is 19.8 Å². The van der Waals surface area contributed by atoms with Gasteiger partial charge in [-0.3, -0.25) is 0 Å². The fraction of sp³-hybridized carbons (Fsp3) is 0.417.